The molecule has 2 rings (SSSR count). The number of rotatable bonds is 1. The Kier molecular flexibility index (Phi) is 2.11. The Labute approximate surface area is 79.7 Å². The lowest BCUT2D eigenvalue weighted by Crippen LogP contribution is -1.75. The topological polar surface area (TPSA) is 12.9 Å². The number of hydrogen-bond donors (Lipinski definition) is 0. The molecular formula is C9H6ClNS. The van der Waals surface area contributed by atoms with Gasteiger partial charge in [-0.25, -0.2) is 0 Å². The molecule has 0 fully saturated rings. The van der Waals surface area contributed by atoms with Crippen LogP contribution in [0.1, 0.15) is 0 Å². The van der Waals surface area contributed by atoms with E-state index in [1.165, 1.54) is 4.88 Å². The van der Waals surface area contributed by atoms with Crippen molar-refractivity contribution in [2.45, 2.75) is 0 Å². The van der Waals surface area contributed by atoms with Crippen LogP contribution < -0.4 is 0 Å². The molecule has 0 aliphatic rings. The smallest absolute Gasteiger partial charge is 0.0595 e. The molecule has 2 heterocycles. The first-order valence-electron chi connectivity index (χ1n) is 3.51. The van der Waals surface area contributed by atoms with E-state index >= 15 is 0 Å². The fraction of sp³-hybridized carbons (Fsp3) is 0. The summed E-state index contributed by atoms with van der Waals surface area (Å²) < 4.78 is 0. The highest BCUT2D eigenvalue weighted by Crippen LogP contribution is 2.25. The molecule has 2 aromatic heterocycles. The summed E-state index contributed by atoms with van der Waals surface area (Å²) in [5.74, 6) is 0. The predicted molar refractivity (Wildman–Crippen MR) is 52.6 cm³/mol. The van der Waals surface area contributed by atoms with Crippen LogP contribution in [0, 0.1) is 0 Å². The van der Waals surface area contributed by atoms with Crippen LogP contribution in [0.2, 0.25) is 5.02 Å². The number of halogens is 1. The Morgan fingerprint density at radius 1 is 1.33 bits per heavy atom. The number of hydrogen-bond acceptors (Lipinski definition) is 2. The maximum absolute atomic E-state index is 5.80. The SMILES string of the molecule is Clc1cncc(-c2cccs2)c1. The summed E-state index contributed by atoms with van der Waals surface area (Å²) in [7, 11) is 0. The predicted octanol–water partition coefficient (Wildman–Crippen LogP) is 3.46. The molecule has 0 radical (unpaired) electrons. The lowest BCUT2D eigenvalue weighted by molar-refractivity contribution is 1.33. The van der Waals surface area contributed by atoms with Crippen molar-refractivity contribution in [3.63, 3.8) is 0 Å². The standard InChI is InChI=1S/C9H6ClNS/c10-8-4-7(5-11-6-8)9-2-1-3-12-9/h1-6H. The van der Waals surface area contributed by atoms with E-state index in [9.17, 15) is 0 Å². The van der Waals surface area contributed by atoms with Crippen molar-refractivity contribution < 1.29 is 0 Å². The molecule has 0 aliphatic heterocycles. The maximum atomic E-state index is 5.80. The van der Waals surface area contributed by atoms with Gasteiger partial charge in [0.1, 0.15) is 0 Å². The van der Waals surface area contributed by atoms with Crippen LogP contribution in [-0.4, -0.2) is 4.98 Å². The number of pyridine rings is 1. The third-order valence-electron chi connectivity index (χ3n) is 1.51. The van der Waals surface area contributed by atoms with Gasteiger partial charge >= 0.3 is 0 Å². The summed E-state index contributed by atoms with van der Waals surface area (Å²) in [6.07, 6.45) is 3.45. The second-order valence-corrected chi connectivity index (χ2v) is 3.75. The van der Waals surface area contributed by atoms with Crippen molar-refractivity contribution in [3.8, 4) is 10.4 Å². The second kappa shape index (κ2) is 3.25. The Balaban J connectivity index is 2.48. The molecule has 0 amide bonds. The molecule has 12 heavy (non-hydrogen) atoms. The van der Waals surface area contributed by atoms with Crippen LogP contribution in [0.25, 0.3) is 10.4 Å². The summed E-state index contributed by atoms with van der Waals surface area (Å²) in [6.45, 7) is 0. The van der Waals surface area contributed by atoms with Crippen LogP contribution >= 0.6 is 22.9 Å². The van der Waals surface area contributed by atoms with E-state index in [0.29, 0.717) is 5.02 Å². The molecule has 2 aromatic rings. The quantitative estimate of drug-likeness (QED) is 0.679. The minimum absolute atomic E-state index is 0.681. The van der Waals surface area contributed by atoms with Gasteiger partial charge in [-0.3, -0.25) is 4.98 Å². The fourth-order valence-electron chi connectivity index (χ4n) is 0.989. The number of thiophene rings is 1. The van der Waals surface area contributed by atoms with E-state index in [0.717, 1.165) is 5.56 Å². The lowest BCUT2D eigenvalue weighted by atomic mass is 10.2. The minimum Gasteiger partial charge on any atom is -0.263 e. The first-order chi connectivity index (χ1) is 5.86. The summed E-state index contributed by atoms with van der Waals surface area (Å²) in [5, 5.41) is 2.72. The molecule has 0 unspecified atom stereocenters. The van der Waals surface area contributed by atoms with Crippen LogP contribution in [0.5, 0.6) is 0 Å². The summed E-state index contributed by atoms with van der Waals surface area (Å²) in [5.41, 5.74) is 1.08. The molecule has 0 N–H and O–H groups in total. The second-order valence-electron chi connectivity index (χ2n) is 2.37. The first-order valence-corrected chi connectivity index (χ1v) is 4.76. The van der Waals surface area contributed by atoms with E-state index in [-0.39, 0.29) is 0 Å². The van der Waals surface area contributed by atoms with Gasteiger partial charge in [-0.2, -0.15) is 0 Å². The molecule has 3 heteroatoms. The van der Waals surface area contributed by atoms with Gasteiger partial charge in [0, 0.05) is 22.8 Å². The zero-order valence-corrected chi connectivity index (χ0v) is 7.77. The van der Waals surface area contributed by atoms with E-state index in [1.54, 1.807) is 17.5 Å². The molecule has 0 atom stereocenters. The van der Waals surface area contributed by atoms with Crippen LogP contribution in [-0.2, 0) is 0 Å². The van der Waals surface area contributed by atoms with Gasteiger partial charge < -0.3 is 0 Å². The van der Waals surface area contributed by atoms with Gasteiger partial charge in [0.05, 0.1) is 5.02 Å². The number of aromatic nitrogens is 1. The maximum Gasteiger partial charge on any atom is 0.0595 e. The van der Waals surface area contributed by atoms with Crippen LogP contribution in [0.3, 0.4) is 0 Å². The van der Waals surface area contributed by atoms with E-state index in [1.807, 2.05) is 23.7 Å². The molecule has 0 bridgehead atoms. The molecule has 0 saturated heterocycles. The largest absolute Gasteiger partial charge is 0.263 e. The van der Waals surface area contributed by atoms with E-state index in [2.05, 4.69) is 11.1 Å². The average Bonchev–Trinajstić information content (AvgIpc) is 2.56. The lowest BCUT2D eigenvalue weighted by Gasteiger charge is -1.95. The van der Waals surface area contributed by atoms with Gasteiger partial charge in [0.25, 0.3) is 0 Å². The zero-order valence-electron chi connectivity index (χ0n) is 6.20. The average molecular weight is 196 g/mol. The zero-order chi connectivity index (χ0) is 8.39. The Bertz CT molecular complexity index is 370. The summed E-state index contributed by atoms with van der Waals surface area (Å²) in [4.78, 5) is 5.21. The molecule has 1 nitrogen and oxygen atoms in total. The minimum atomic E-state index is 0.681. The molecule has 60 valence electrons. The number of nitrogens with zero attached hydrogens (tertiary/aromatic N) is 1. The third-order valence-corrected chi connectivity index (χ3v) is 2.64. The Morgan fingerprint density at radius 2 is 2.25 bits per heavy atom. The van der Waals surface area contributed by atoms with Crippen molar-refractivity contribution in [2.24, 2.45) is 0 Å². The van der Waals surface area contributed by atoms with Gasteiger partial charge in [0.15, 0.2) is 0 Å². The van der Waals surface area contributed by atoms with Crippen LogP contribution in [0.4, 0.5) is 0 Å². The molecule has 0 aromatic carbocycles. The van der Waals surface area contributed by atoms with Crippen molar-refractivity contribution in [1.29, 1.82) is 0 Å². The van der Waals surface area contributed by atoms with Gasteiger partial charge in [-0.05, 0) is 17.5 Å². The monoisotopic (exact) mass is 195 g/mol. The Morgan fingerprint density at radius 3 is 2.92 bits per heavy atom. The van der Waals surface area contributed by atoms with Gasteiger partial charge in [0.2, 0.25) is 0 Å². The van der Waals surface area contributed by atoms with Crippen molar-refractivity contribution >= 4 is 22.9 Å². The normalized spacial score (nSPS) is 10.1. The van der Waals surface area contributed by atoms with Crippen molar-refractivity contribution in [3.05, 3.63) is 41.0 Å². The summed E-state index contributed by atoms with van der Waals surface area (Å²) in [6, 6.07) is 5.99. The molecular weight excluding hydrogens is 190 g/mol. The summed E-state index contributed by atoms with van der Waals surface area (Å²) >= 11 is 7.49. The van der Waals surface area contributed by atoms with Gasteiger partial charge in [-0.15, -0.1) is 11.3 Å². The molecule has 0 spiro atoms. The van der Waals surface area contributed by atoms with E-state index < -0.39 is 0 Å². The molecule has 0 saturated carbocycles. The fourth-order valence-corrected chi connectivity index (χ4v) is 1.87. The van der Waals surface area contributed by atoms with Crippen molar-refractivity contribution in [1.82, 2.24) is 4.98 Å². The molecule has 0 aliphatic carbocycles. The van der Waals surface area contributed by atoms with Gasteiger partial charge in [-0.1, -0.05) is 17.7 Å². The van der Waals surface area contributed by atoms with Crippen molar-refractivity contribution in [2.75, 3.05) is 0 Å². The highest BCUT2D eigenvalue weighted by molar-refractivity contribution is 7.13. The first kappa shape index (κ1) is 7.77. The highest BCUT2D eigenvalue weighted by Gasteiger charge is 1.98. The highest BCUT2D eigenvalue weighted by atomic mass is 35.5. The van der Waals surface area contributed by atoms with Crippen LogP contribution in [0.15, 0.2) is 36.0 Å². The van der Waals surface area contributed by atoms with E-state index in [4.69, 9.17) is 11.6 Å². The Hall–Kier alpha value is -0.860. The third kappa shape index (κ3) is 1.49.